The summed E-state index contributed by atoms with van der Waals surface area (Å²) in [6.07, 6.45) is 0. The summed E-state index contributed by atoms with van der Waals surface area (Å²) >= 11 is 4.61. The molecule has 0 atom stereocenters. The highest BCUT2D eigenvalue weighted by molar-refractivity contribution is 9.10. The Balaban J connectivity index is 2.53. The van der Waals surface area contributed by atoms with Crippen molar-refractivity contribution in [3.63, 3.8) is 0 Å². The summed E-state index contributed by atoms with van der Waals surface area (Å²) in [6.45, 7) is 1.75. The first kappa shape index (κ1) is 11.7. The molecule has 16 heavy (non-hydrogen) atoms. The lowest BCUT2D eigenvalue weighted by Crippen LogP contribution is -1.84. The molecule has 84 valence electrons. The predicted molar refractivity (Wildman–Crippen MR) is 65.9 cm³/mol. The summed E-state index contributed by atoms with van der Waals surface area (Å²) < 4.78 is 14.4. The Morgan fingerprint density at radius 1 is 1.50 bits per heavy atom. The van der Waals surface area contributed by atoms with Gasteiger partial charge in [0.1, 0.15) is 10.8 Å². The van der Waals surface area contributed by atoms with Crippen LogP contribution in [-0.4, -0.2) is 10.1 Å². The zero-order valence-electron chi connectivity index (χ0n) is 8.50. The molecule has 2 nitrogen and oxygen atoms in total. The molecule has 0 fully saturated rings. The number of aromatic nitrogens is 1. The average Bonchev–Trinajstić information content (AvgIpc) is 2.63. The van der Waals surface area contributed by atoms with E-state index in [4.69, 9.17) is 5.11 Å². The van der Waals surface area contributed by atoms with E-state index >= 15 is 0 Å². The number of nitrogens with zero attached hydrogens (tertiary/aromatic N) is 1. The van der Waals surface area contributed by atoms with Gasteiger partial charge in [0.15, 0.2) is 0 Å². The summed E-state index contributed by atoms with van der Waals surface area (Å²) in [4.78, 5) is 5.02. The Hall–Kier alpha value is -0.780. The number of halogens is 2. The fourth-order valence-electron chi connectivity index (χ4n) is 1.35. The van der Waals surface area contributed by atoms with Crippen LogP contribution in [0.4, 0.5) is 4.39 Å². The number of thiazole rings is 1. The van der Waals surface area contributed by atoms with Crippen molar-refractivity contribution in [2.24, 2.45) is 0 Å². The van der Waals surface area contributed by atoms with Gasteiger partial charge in [-0.2, -0.15) is 0 Å². The van der Waals surface area contributed by atoms with Gasteiger partial charge in [-0.1, -0.05) is 15.9 Å². The molecule has 0 radical (unpaired) electrons. The van der Waals surface area contributed by atoms with Crippen molar-refractivity contribution in [3.05, 3.63) is 39.1 Å². The minimum atomic E-state index is -0.304. The second kappa shape index (κ2) is 4.61. The van der Waals surface area contributed by atoms with Crippen molar-refractivity contribution in [1.82, 2.24) is 4.98 Å². The lowest BCUT2D eigenvalue weighted by Gasteiger charge is -1.99. The van der Waals surface area contributed by atoms with Gasteiger partial charge >= 0.3 is 0 Å². The van der Waals surface area contributed by atoms with E-state index in [1.807, 2.05) is 0 Å². The van der Waals surface area contributed by atoms with Gasteiger partial charge in [-0.25, -0.2) is 9.37 Å². The first-order valence-corrected chi connectivity index (χ1v) is 6.25. The second-order valence-corrected chi connectivity index (χ2v) is 5.31. The average molecular weight is 302 g/mol. The predicted octanol–water partition coefficient (Wildman–Crippen LogP) is 3.51. The van der Waals surface area contributed by atoms with Crippen molar-refractivity contribution in [1.29, 1.82) is 0 Å². The third-order valence-electron chi connectivity index (χ3n) is 2.20. The SMILES string of the molecule is Cc1nc(-c2cc(Br)ccc2F)sc1CO. The molecule has 1 N–H and O–H groups in total. The Morgan fingerprint density at radius 3 is 2.88 bits per heavy atom. The first-order chi connectivity index (χ1) is 7.61. The molecular formula is C11H9BrFNOS. The second-order valence-electron chi connectivity index (χ2n) is 3.31. The number of aliphatic hydroxyl groups excluding tert-OH is 1. The van der Waals surface area contributed by atoms with Gasteiger partial charge in [0.2, 0.25) is 0 Å². The van der Waals surface area contributed by atoms with Gasteiger partial charge in [0, 0.05) is 10.0 Å². The van der Waals surface area contributed by atoms with Crippen LogP contribution in [0.2, 0.25) is 0 Å². The zero-order chi connectivity index (χ0) is 11.7. The monoisotopic (exact) mass is 301 g/mol. The molecule has 0 unspecified atom stereocenters. The third-order valence-corrected chi connectivity index (χ3v) is 3.86. The van der Waals surface area contributed by atoms with Crippen LogP contribution in [0.3, 0.4) is 0 Å². The molecule has 0 bridgehead atoms. The normalized spacial score (nSPS) is 10.8. The van der Waals surface area contributed by atoms with E-state index in [0.717, 1.165) is 15.0 Å². The topological polar surface area (TPSA) is 33.1 Å². The summed E-state index contributed by atoms with van der Waals surface area (Å²) in [5.74, 6) is -0.304. The minimum absolute atomic E-state index is 0.0564. The van der Waals surface area contributed by atoms with Gasteiger partial charge < -0.3 is 5.11 Å². The number of hydrogen-bond donors (Lipinski definition) is 1. The fourth-order valence-corrected chi connectivity index (χ4v) is 2.65. The van der Waals surface area contributed by atoms with E-state index in [2.05, 4.69) is 20.9 Å². The van der Waals surface area contributed by atoms with Gasteiger partial charge in [-0.05, 0) is 25.1 Å². The molecule has 5 heteroatoms. The van der Waals surface area contributed by atoms with Gasteiger partial charge in [0.05, 0.1) is 17.2 Å². The number of aryl methyl sites for hydroxylation is 1. The Morgan fingerprint density at radius 2 is 2.25 bits per heavy atom. The highest BCUT2D eigenvalue weighted by Gasteiger charge is 2.12. The maximum atomic E-state index is 13.6. The molecular weight excluding hydrogens is 293 g/mol. The summed E-state index contributed by atoms with van der Waals surface area (Å²) in [6, 6.07) is 4.73. The van der Waals surface area contributed by atoms with Gasteiger partial charge in [-0.15, -0.1) is 11.3 Å². The highest BCUT2D eigenvalue weighted by atomic mass is 79.9. The lowest BCUT2D eigenvalue weighted by molar-refractivity contribution is 0.284. The van der Waals surface area contributed by atoms with E-state index in [9.17, 15) is 4.39 Å². The number of hydrogen-bond acceptors (Lipinski definition) is 3. The molecule has 1 aromatic heterocycles. The van der Waals surface area contributed by atoms with Crippen LogP contribution in [0.1, 0.15) is 10.6 Å². The Kier molecular flexibility index (Phi) is 3.37. The standard InChI is InChI=1S/C11H9BrFNOS/c1-6-10(5-15)16-11(14-6)8-4-7(12)2-3-9(8)13/h2-4,15H,5H2,1H3. The fraction of sp³-hybridized carbons (Fsp3) is 0.182. The van der Waals surface area contributed by atoms with E-state index in [1.54, 1.807) is 19.1 Å². The largest absolute Gasteiger partial charge is 0.391 e. The van der Waals surface area contributed by atoms with Crippen LogP contribution in [0.15, 0.2) is 22.7 Å². The van der Waals surface area contributed by atoms with E-state index < -0.39 is 0 Å². The van der Waals surface area contributed by atoms with Crippen molar-refractivity contribution in [3.8, 4) is 10.6 Å². The maximum absolute atomic E-state index is 13.6. The van der Waals surface area contributed by atoms with Crippen LogP contribution in [-0.2, 0) is 6.61 Å². The number of rotatable bonds is 2. The van der Waals surface area contributed by atoms with Crippen molar-refractivity contribution in [2.75, 3.05) is 0 Å². The summed E-state index contributed by atoms with van der Waals surface area (Å²) in [5.41, 5.74) is 1.21. The van der Waals surface area contributed by atoms with Crippen molar-refractivity contribution in [2.45, 2.75) is 13.5 Å². The van der Waals surface area contributed by atoms with Crippen LogP contribution >= 0.6 is 27.3 Å². The quantitative estimate of drug-likeness (QED) is 0.921. The van der Waals surface area contributed by atoms with Gasteiger partial charge in [0.25, 0.3) is 0 Å². The van der Waals surface area contributed by atoms with Gasteiger partial charge in [-0.3, -0.25) is 0 Å². The minimum Gasteiger partial charge on any atom is -0.391 e. The molecule has 0 amide bonds. The van der Waals surface area contributed by atoms with E-state index in [-0.39, 0.29) is 12.4 Å². The Bertz CT molecular complexity index is 527. The summed E-state index contributed by atoms with van der Waals surface area (Å²) in [7, 11) is 0. The van der Waals surface area contributed by atoms with E-state index in [0.29, 0.717) is 10.6 Å². The molecule has 2 rings (SSSR count). The molecule has 0 aliphatic carbocycles. The van der Waals surface area contributed by atoms with E-state index in [1.165, 1.54) is 17.4 Å². The molecule has 0 aliphatic heterocycles. The molecule has 0 aliphatic rings. The highest BCUT2D eigenvalue weighted by Crippen LogP contribution is 2.31. The maximum Gasteiger partial charge on any atom is 0.133 e. The van der Waals surface area contributed by atoms with Crippen molar-refractivity contribution < 1.29 is 9.50 Å². The zero-order valence-corrected chi connectivity index (χ0v) is 10.9. The number of aliphatic hydroxyl groups is 1. The van der Waals surface area contributed by atoms with Crippen LogP contribution in [0, 0.1) is 12.7 Å². The molecule has 2 aromatic rings. The van der Waals surface area contributed by atoms with Crippen LogP contribution in [0.5, 0.6) is 0 Å². The smallest absolute Gasteiger partial charge is 0.133 e. The lowest BCUT2D eigenvalue weighted by atomic mass is 10.2. The third kappa shape index (κ3) is 2.16. The Labute approximate surface area is 105 Å². The number of benzene rings is 1. The summed E-state index contributed by atoms with van der Waals surface area (Å²) in [5, 5.41) is 9.67. The molecule has 1 aromatic carbocycles. The van der Waals surface area contributed by atoms with Crippen LogP contribution < -0.4 is 0 Å². The molecule has 0 saturated carbocycles. The first-order valence-electron chi connectivity index (χ1n) is 4.64. The molecule has 1 heterocycles. The molecule has 0 saturated heterocycles. The van der Waals surface area contributed by atoms with Crippen molar-refractivity contribution >= 4 is 27.3 Å². The van der Waals surface area contributed by atoms with Crippen LogP contribution in [0.25, 0.3) is 10.6 Å². The molecule has 0 spiro atoms.